The summed E-state index contributed by atoms with van der Waals surface area (Å²) in [6.45, 7) is 2.07. The minimum atomic E-state index is -3.57. The van der Waals surface area contributed by atoms with Gasteiger partial charge in [0.1, 0.15) is 0 Å². The topological polar surface area (TPSA) is 63.2 Å². The second kappa shape index (κ2) is 11.7. The summed E-state index contributed by atoms with van der Waals surface area (Å²) < 4.78 is 26.3. The van der Waals surface area contributed by atoms with Crippen LogP contribution >= 0.6 is 11.8 Å². The number of sulfonamides is 1. The van der Waals surface area contributed by atoms with Gasteiger partial charge in [-0.25, -0.2) is 13.1 Å². The lowest BCUT2D eigenvalue weighted by Gasteiger charge is -2.25. The van der Waals surface area contributed by atoms with Crippen LogP contribution in [0.5, 0.6) is 0 Å². The number of thioether (sulfide) groups is 1. The molecule has 1 aliphatic rings. The zero-order chi connectivity index (χ0) is 22.1. The van der Waals surface area contributed by atoms with Gasteiger partial charge in [0.05, 0.1) is 5.75 Å². The lowest BCUT2D eigenvalue weighted by atomic mass is 9.80. The average molecular weight is 460 g/mol. The molecule has 0 unspecified atom stereocenters. The zero-order valence-corrected chi connectivity index (χ0v) is 19.9. The number of unbranched alkanes of at least 4 members (excludes halogenated alkanes) is 3. The molecule has 0 spiro atoms. The largest absolute Gasteiger partial charge is 0.268 e. The van der Waals surface area contributed by atoms with Crippen molar-refractivity contribution in [2.24, 2.45) is 0 Å². The standard InChI is InChI=1S/C25H33NO3S2/c1-2-3-4-5-17-31(28,29)26-25(27)24-15-11-21(12-16-24)19-30-18-20-9-13-23(14-10-20)22-7-6-8-22/h9-16,22H,2-8,17-19H2,1H3,(H,26,27). The van der Waals surface area contributed by atoms with Gasteiger partial charge in [0.25, 0.3) is 5.91 Å². The summed E-state index contributed by atoms with van der Waals surface area (Å²) in [5.74, 6) is 2.01. The van der Waals surface area contributed by atoms with Crippen LogP contribution in [0.15, 0.2) is 48.5 Å². The Kier molecular flexibility index (Phi) is 9.02. The van der Waals surface area contributed by atoms with Crippen molar-refractivity contribution in [2.75, 3.05) is 5.75 Å². The molecular formula is C25H33NO3S2. The number of hydrogen-bond acceptors (Lipinski definition) is 4. The molecule has 0 atom stereocenters. The van der Waals surface area contributed by atoms with Gasteiger partial charge in [0.2, 0.25) is 10.0 Å². The molecular weight excluding hydrogens is 426 g/mol. The predicted molar refractivity (Wildman–Crippen MR) is 130 cm³/mol. The van der Waals surface area contributed by atoms with E-state index in [1.807, 2.05) is 23.9 Å². The first-order chi connectivity index (χ1) is 15.0. The van der Waals surface area contributed by atoms with Crippen molar-refractivity contribution in [1.82, 2.24) is 4.72 Å². The molecule has 2 aromatic carbocycles. The molecule has 1 amide bonds. The molecule has 168 valence electrons. The van der Waals surface area contributed by atoms with Crippen LogP contribution in [0.1, 0.15) is 84.8 Å². The summed E-state index contributed by atoms with van der Waals surface area (Å²) in [6.07, 6.45) is 7.51. The van der Waals surface area contributed by atoms with Crippen LogP contribution in [0.25, 0.3) is 0 Å². The summed E-state index contributed by atoms with van der Waals surface area (Å²) in [7, 11) is -3.57. The van der Waals surface area contributed by atoms with E-state index in [-0.39, 0.29) is 5.75 Å². The van der Waals surface area contributed by atoms with Gasteiger partial charge in [-0.15, -0.1) is 0 Å². The number of nitrogens with one attached hydrogen (secondary N) is 1. The van der Waals surface area contributed by atoms with E-state index in [1.165, 1.54) is 30.4 Å². The Labute approximate surface area is 191 Å². The van der Waals surface area contributed by atoms with Gasteiger partial charge >= 0.3 is 0 Å². The van der Waals surface area contributed by atoms with Crippen LogP contribution in [0, 0.1) is 0 Å². The lowest BCUT2D eigenvalue weighted by molar-refractivity contribution is 0.0981. The third-order valence-corrected chi connectivity index (χ3v) is 8.22. The number of carbonyl (C=O) groups excluding carboxylic acids is 1. The first-order valence-corrected chi connectivity index (χ1v) is 14.1. The molecule has 0 saturated heterocycles. The second-order valence-electron chi connectivity index (χ2n) is 8.37. The molecule has 6 heteroatoms. The minimum Gasteiger partial charge on any atom is -0.268 e. The van der Waals surface area contributed by atoms with E-state index in [1.54, 1.807) is 12.1 Å². The van der Waals surface area contributed by atoms with Crippen molar-refractivity contribution in [3.63, 3.8) is 0 Å². The summed E-state index contributed by atoms with van der Waals surface area (Å²) >= 11 is 1.83. The van der Waals surface area contributed by atoms with Gasteiger partial charge in [-0.3, -0.25) is 4.79 Å². The van der Waals surface area contributed by atoms with Crippen molar-refractivity contribution in [1.29, 1.82) is 0 Å². The van der Waals surface area contributed by atoms with E-state index in [0.29, 0.717) is 12.0 Å². The molecule has 0 aromatic heterocycles. The molecule has 4 nitrogen and oxygen atoms in total. The van der Waals surface area contributed by atoms with E-state index in [2.05, 4.69) is 35.9 Å². The monoisotopic (exact) mass is 459 g/mol. The van der Waals surface area contributed by atoms with Gasteiger partial charge in [0, 0.05) is 17.1 Å². The van der Waals surface area contributed by atoms with E-state index in [9.17, 15) is 13.2 Å². The summed E-state index contributed by atoms with van der Waals surface area (Å²) in [5, 5.41) is 0. The van der Waals surface area contributed by atoms with Gasteiger partial charge in [-0.1, -0.05) is 69.0 Å². The van der Waals surface area contributed by atoms with Crippen molar-refractivity contribution in [2.45, 2.75) is 69.3 Å². The summed E-state index contributed by atoms with van der Waals surface area (Å²) in [5.41, 5.74) is 4.29. The molecule has 3 rings (SSSR count). The number of carbonyl (C=O) groups is 1. The van der Waals surface area contributed by atoms with Gasteiger partial charge < -0.3 is 0 Å². The average Bonchev–Trinajstić information content (AvgIpc) is 2.71. The third kappa shape index (κ3) is 7.69. The molecule has 1 saturated carbocycles. The fourth-order valence-corrected chi connectivity index (χ4v) is 5.68. The van der Waals surface area contributed by atoms with Gasteiger partial charge in [0.15, 0.2) is 0 Å². The number of hydrogen-bond donors (Lipinski definition) is 1. The molecule has 1 fully saturated rings. The Morgan fingerprint density at radius 2 is 1.55 bits per heavy atom. The zero-order valence-electron chi connectivity index (χ0n) is 18.3. The van der Waals surface area contributed by atoms with Crippen molar-refractivity contribution < 1.29 is 13.2 Å². The highest BCUT2D eigenvalue weighted by molar-refractivity contribution is 7.97. The smallest absolute Gasteiger partial charge is 0.264 e. The second-order valence-corrected chi connectivity index (χ2v) is 11.2. The predicted octanol–water partition coefficient (Wildman–Crippen LogP) is 6.03. The highest BCUT2D eigenvalue weighted by Gasteiger charge is 2.19. The number of benzene rings is 2. The number of amides is 1. The normalized spacial score (nSPS) is 14.2. The Morgan fingerprint density at radius 1 is 0.935 bits per heavy atom. The third-order valence-electron chi connectivity index (χ3n) is 5.82. The quantitative estimate of drug-likeness (QED) is 0.394. The van der Waals surface area contributed by atoms with Gasteiger partial charge in [-0.2, -0.15) is 11.8 Å². The van der Waals surface area contributed by atoms with Crippen molar-refractivity contribution >= 4 is 27.7 Å². The Bertz CT molecular complexity index is 934. The van der Waals surface area contributed by atoms with Crippen LogP contribution < -0.4 is 4.72 Å². The SMILES string of the molecule is CCCCCCS(=O)(=O)NC(=O)c1ccc(CSCc2ccc(C3CCC3)cc2)cc1. The first kappa shape index (κ1) is 23.9. The molecule has 0 heterocycles. The van der Waals surface area contributed by atoms with Crippen LogP contribution in [0.2, 0.25) is 0 Å². The molecule has 1 aliphatic carbocycles. The molecule has 0 aliphatic heterocycles. The summed E-state index contributed by atoms with van der Waals surface area (Å²) in [4.78, 5) is 12.3. The molecule has 0 radical (unpaired) electrons. The number of rotatable bonds is 12. The first-order valence-electron chi connectivity index (χ1n) is 11.3. The Hall–Kier alpha value is -1.79. The van der Waals surface area contributed by atoms with Crippen LogP contribution in [-0.2, 0) is 21.5 Å². The highest BCUT2D eigenvalue weighted by Crippen LogP contribution is 2.36. The van der Waals surface area contributed by atoms with E-state index in [0.717, 1.165) is 42.2 Å². The fourth-order valence-electron chi connectivity index (χ4n) is 3.64. The fraction of sp³-hybridized carbons (Fsp3) is 0.480. The summed E-state index contributed by atoms with van der Waals surface area (Å²) in [6, 6.07) is 16.2. The Balaban J connectivity index is 1.42. The maximum Gasteiger partial charge on any atom is 0.264 e. The highest BCUT2D eigenvalue weighted by atomic mass is 32.2. The van der Waals surface area contributed by atoms with E-state index < -0.39 is 15.9 Å². The van der Waals surface area contributed by atoms with E-state index >= 15 is 0 Å². The molecule has 0 bridgehead atoms. The lowest BCUT2D eigenvalue weighted by Crippen LogP contribution is -2.32. The van der Waals surface area contributed by atoms with Crippen LogP contribution in [0.4, 0.5) is 0 Å². The Morgan fingerprint density at radius 3 is 2.10 bits per heavy atom. The van der Waals surface area contributed by atoms with Crippen molar-refractivity contribution in [3.8, 4) is 0 Å². The maximum atomic E-state index is 12.3. The van der Waals surface area contributed by atoms with Crippen LogP contribution in [-0.4, -0.2) is 20.1 Å². The molecule has 31 heavy (non-hydrogen) atoms. The minimum absolute atomic E-state index is 0.00486. The van der Waals surface area contributed by atoms with Gasteiger partial charge in [-0.05, 0) is 54.0 Å². The molecule has 2 aromatic rings. The van der Waals surface area contributed by atoms with Crippen molar-refractivity contribution in [3.05, 3.63) is 70.8 Å². The maximum absolute atomic E-state index is 12.3. The van der Waals surface area contributed by atoms with E-state index in [4.69, 9.17) is 0 Å². The molecule has 1 N–H and O–H groups in total. The van der Waals surface area contributed by atoms with Crippen LogP contribution in [0.3, 0.4) is 0 Å².